The molecule has 27 heavy (non-hydrogen) atoms. The third-order valence-corrected chi connectivity index (χ3v) is 6.20. The maximum atomic E-state index is 3.62. The molecule has 0 unspecified atom stereocenters. The fourth-order valence-electron chi connectivity index (χ4n) is 4.26. The van der Waals surface area contributed by atoms with Gasteiger partial charge in [-0.1, -0.05) is 70.5 Å². The summed E-state index contributed by atoms with van der Waals surface area (Å²) in [5.74, 6) is 0. The number of hydrogen-bond acceptors (Lipinski definition) is 2. The van der Waals surface area contributed by atoms with Crippen LogP contribution in [0.25, 0.3) is 10.8 Å². The van der Waals surface area contributed by atoms with Gasteiger partial charge in [0, 0.05) is 30.1 Å². The molecule has 1 fully saturated rings. The molecular weight excluding hydrogens is 396 g/mol. The predicted octanol–water partition coefficient (Wildman–Crippen LogP) is 5.70. The van der Waals surface area contributed by atoms with Gasteiger partial charge in [-0.3, -0.25) is 4.90 Å². The summed E-state index contributed by atoms with van der Waals surface area (Å²) in [6, 6.07) is 24.8. The van der Waals surface area contributed by atoms with Gasteiger partial charge in [0.15, 0.2) is 0 Å². The molecule has 1 saturated heterocycles. The van der Waals surface area contributed by atoms with Crippen molar-refractivity contribution in [2.75, 3.05) is 20.1 Å². The molecule has 2 nitrogen and oxygen atoms in total. The standard InChI is InChI=1S/C24H27BrN2/c1-26-14-6-12-23(26)18-27(16-19-7-4-11-22(25)15-19)17-21-10-5-9-20-8-2-3-13-24(20)21/h2-5,7-11,13,15,23H,6,12,14,16-18H2,1H3/t23-/m0/s1. The molecule has 0 aliphatic carbocycles. The smallest absolute Gasteiger partial charge is 0.0244 e. The molecule has 0 saturated carbocycles. The van der Waals surface area contributed by atoms with Crippen LogP contribution in [0, 0.1) is 0 Å². The van der Waals surface area contributed by atoms with Gasteiger partial charge in [0.1, 0.15) is 0 Å². The molecule has 1 heterocycles. The van der Waals surface area contributed by atoms with Crippen molar-refractivity contribution in [2.24, 2.45) is 0 Å². The second kappa shape index (κ2) is 8.55. The Balaban J connectivity index is 1.60. The maximum absolute atomic E-state index is 3.62. The molecule has 3 heteroatoms. The molecule has 3 aromatic carbocycles. The van der Waals surface area contributed by atoms with Crippen LogP contribution in [0.5, 0.6) is 0 Å². The van der Waals surface area contributed by atoms with Crippen LogP contribution < -0.4 is 0 Å². The van der Waals surface area contributed by atoms with E-state index < -0.39 is 0 Å². The number of benzene rings is 3. The minimum Gasteiger partial charge on any atom is -0.302 e. The minimum atomic E-state index is 0.659. The van der Waals surface area contributed by atoms with Crippen molar-refractivity contribution in [3.63, 3.8) is 0 Å². The Kier molecular flexibility index (Phi) is 5.92. The molecule has 1 atom stereocenters. The zero-order chi connectivity index (χ0) is 18.6. The average Bonchev–Trinajstić information content (AvgIpc) is 3.07. The molecule has 0 N–H and O–H groups in total. The fourth-order valence-corrected chi connectivity index (χ4v) is 4.70. The summed E-state index contributed by atoms with van der Waals surface area (Å²) in [7, 11) is 2.27. The van der Waals surface area contributed by atoms with Gasteiger partial charge in [-0.2, -0.15) is 0 Å². The SMILES string of the molecule is CN1CCC[C@H]1CN(Cc1cccc(Br)c1)Cc1cccc2ccccc12. The van der Waals surface area contributed by atoms with Crippen molar-refractivity contribution >= 4 is 26.7 Å². The van der Waals surface area contributed by atoms with E-state index in [1.165, 1.54) is 41.3 Å². The van der Waals surface area contributed by atoms with Crippen LogP contribution in [0.2, 0.25) is 0 Å². The highest BCUT2D eigenvalue weighted by Crippen LogP contribution is 2.24. The third-order valence-electron chi connectivity index (χ3n) is 5.71. The van der Waals surface area contributed by atoms with E-state index in [-0.39, 0.29) is 0 Å². The van der Waals surface area contributed by atoms with E-state index in [9.17, 15) is 0 Å². The molecule has 1 aliphatic rings. The van der Waals surface area contributed by atoms with Crippen molar-refractivity contribution in [1.82, 2.24) is 9.80 Å². The quantitative estimate of drug-likeness (QED) is 0.502. The van der Waals surface area contributed by atoms with Gasteiger partial charge in [-0.15, -0.1) is 0 Å². The van der Waals surface area contributed by atoms with Gasteiger partial charge in [0.05, 0.1) is 0 Å². The van der Waals surface area contributed by atoms with E-state index in [1.807, 2.05) is 0 Å². The second-order valence-corrected chi connectivity index (χ2v) is 8.63. The van der Waals surface area contributed by atoms with E-state index >= 15 is 0 Å². The lowest BCUT2D eigenvalue weighted by molar-refractivity contribution is 0.181. The number of fused-ring (bicyclic) bond motifs is 1. The summed E-state index contributed by atoms with van der Waals surface area (Å²) < 4.78 is 1.16. The molecular formula is C24H27BrN2. The highest BCUT2D eigenvalue weighted by Gasteiger charge is 2.23. The summed E-state index contributed by atoms with van der Waals surface area (Å²) in [6.07, 6.45) is 2.63. The monoisotopic (exact) mass is 422 g/mol. The van der Waals surface area contributed by atoms with E-state index in [1.54, 1.807) is 0 Å². The molecule has 0 aromatic heterocycles. The average molecular weight is 423 g/mol. The van der Waals surface area contributed by atoms with E-state index in [0.29, 0.717) is 6.04 Å². The zero-order valence-electron chi connectivity index (χ0n) is 15.9. The first-order valence-electron chi connectivity index (χ1n) is 9.83. The number of rotatable bonds is 6. The second-order valence-electron chi connectivity index (χ2n) is 7.71. The van der Waals surface area contributed by atoms with E-state index in [2.05, 4.69) is 99.5 Å². The molecule has 1 aliphatic heterocycles. The van der Waals surface area contributed by atoms with Crippen molar-refractivity contribution < 1.29 is 0 Å². The minimum absolute atomic E-state index is 0.659. The number of halogens is 1. The lowest BCUT2D eigenvalue weighted by Gasteiger charge is -2.29. The largest absolute Gasteiger partial charge is 0.302 e. The molecule has 0 bridgehead atoms. The van der Waals surface area contributed by atoms with Crippen molar-refractivity contribution in [1.29, 1.82) is 0 Å². The Bertz CT molecular complexity index is 902. The first-order chi connectivity index (χ1) is 13.2. The van der Waals surface area contributed by atoms with E-state index in [0.717, 1.165) is 24.1 Å². The summed E-state index contributed by atoms with van der Waals surface area (Å²) in [5.41, 5.74) is 2.79. The Morgan fingerprint density at radius 3 is 2.63 bits per heavy atom. The van der Waals surface area contributed by atoms with Crippen LogP contribution in [0.15, 0.2) is 71.2 Å². The molecule has 0 radical (unpaired) electrons. The summed E-state index contributed by atoms with van der Waals surface area (Å²) in [6.45, 7) is 4.31. The van der Waals surface area contributed by atoms with Gasteiger partial charge < -0.3 is 4.90 Å². The Morgan fingerprint density at radius 2 is 1.81 bits per heavy atom. The van der Waals surface area contributed by atoms with Crippen LogP contribution in [0.3, 0.4) is 0 Å². The van der Waals surface area contributed by atoms with Crippen LogP contribution in [0.1, 0.15) is 24.0 Å². The van der Waals surface area contributed by atoms with Gasteiger partial charge >= 0.3 is 0 Å². The number of hydrogen-bond donors (Lipinski definition) is 0. The third kappa shape index (κ3) is 4.60. The first-order valence-corrected chi connectivity index (χ1v) is 10.6. The Morgan fingerprint density at radius 1 is 1.00 bits per heavy atom. The van der Waals surface area contributed by atoms with Crippen molar-refractivity contribution in [3.05, 3.63) is 82.3 Å². The number of likely N-dealkylation sites (N-methyl/N-ethyl adjacent to an activating group) is 1. The lowest BCUT2D eigenvalue weighted by Crippen LogP contribution is -2.38. The van der Waals surface area contributed by atoms with Crippen LogP contribution >= 0.6 is 15.9 Å². The van der Waals surface area contributed by atoms with Crippen LogP contribution in [-0.2, 0) is 13.1 Å². The summed E-state index contributed by atoms with van der Waals surface area (Å²) in [4.78, 5) is 5.15. The van der Waals surface area contributed by atoms with Crippen molar-refractivity contribution in [3.8, 4) is 0 Å². The Hall–Kier alpha value is -1.68. The molecule has 0 spiro atoms. The van der Waals surface area contributed by atoms with Crippen LogP contribution in [-0.4, -0.2) is 36.0 Å². The van der Waals surface area contributed by atoms with Crippen LogP contribution in [0.4, 0.5) is 0 Å². The molecule has 140 valence electrons. The molecule has 4 rings (SSSR count). The van der Waals surface area contributed by atoms with Gasteiger partial charge in [0.25, 0.3) is 0 Å². The maximum Gasteiger partial charge on any atom is 0.0244 e. The highest BCUT2D eigenvalue weighted by atomic mass is 79.9. The predicted molar refractivity (Wildman–Crippen MR) is 118 cm³/mol. The highest BCUT2D eigenvalue weighted by molar-refractivity contribution is 9.10. The Labute approximate surface area is 170 Å². The summed E-state index contributed by atoms with van der Waals surface area (Å²) >= 11 is 3.62. The van der Waals surface area contributed by atoms with Gasteiger partial charge in [-0.05, 0) is 60.5 Å². The molecule has 0 amide bonds. The van der Waals surface area contributed by atoms with Crippen molar-refractivity contribution in [2.45, 2.75) is 32.0 Å². The first kappa shape index (κ1) is 18.7. The number of nitrogens with zero attached hydrogens (tertiary/aromatic N) is 2. The zero-order valence-corrected chi connectivity index (χ0v) is 17.5. The van der Waals surface area contributed by atoms with Gasteiger partial charge in [0.2, 0.25) is 0 Å². The molecule has 3 aromatic rings. The fraction of sp³-hybridized carbons (Fsp3) is 0.333. The van der Waals surface area contributed by atoms with E-state index in [4.69, 9.17) is 0 Å². The lowest BCUT2D eigenvalue weighted by atomic mass is 10.0. The topological polar surface area (TPSA) is 6.48 Å². The van der Waals surface area contributed by atoms with Gasteiger partial charge in [-0.25, -0.2) is 0 Å². The summed E-state index contributed by atoms with van der Waals surface area (Å²) in [5, 5.41) is 2.70. The number of likely N-dealkylation sites (tertiary alicyclic amines) is 1. The normalized spacial score (nSPS) is 17.8.